The first-order chi connectivity index (χ1) is 8.72. The number of thioether (sulfide) groups is 1. The third-order valence-corrected chi connectivity index (χ3v) is 5.08. The van der Waals surface area contributed by atoms with Crippen molar-refractivity contribution >= 4 is 11.8 Å². The van der Waals surface area contributed by atoms with Gasteiger partial charge in [0.05, 0.1) is 5.25 Å². The van der Waals surface area contributed by atoms with Gasteiger partial charge in [-0.1, -0.05) is 13.0 Å². The van der Waals surface area contributed by atoms with E-state index >= 15 is 0 Å². The quantitative estimate of drug-likeness (QED) is 0.774. The summed E-state index contributed by atoms with van der Waals surface area (Å²) >= 11 is 1.78. The fourth-order valence-corrected chi connectivity index (χ4v) is 3.95. The molecule has 0 amide bonds. The largest absolute Gasteiger partial charge is 0.377 e. The highest BCUT2D eigenvalue weighted by Crippen LogP contribution is 2.30. The van der Waals surface area contributed by atoms with Crippen molar-refractivity contribution in [2.75, 3.05) is 26.7 Å². The summed E-state index contributed by atoms with van der Waals surface area (Å²) in [5.74, 6) is 0. The van der Waals surface area contributed by atoms with Gasteiger partial charge in [0.15, 0.2) is 0 Å². The van der Waals surface area contributed by atoms with Gasteiger partial charge in [-0.2, -0.15) is 0 Å². The van der Waals surface area contributed by atoms with E-state index < -0.39 is 0 Å². The second-order valence-electron chi connectivity index (χ2n) is 5.49. The molecule has 3 nitrogen and oxygen atoms in total. The van der Waals surface area contributed by atoms with Crippen molar-refractivity contribution in [2.24, 2.45) is 0 Å². The lowest BCUT2D eigenvalue weighted by Crippen LogP contribution is -2.53. The second-order valence-corrected chi connectivity index (χ2v) is 6.64. The molecule has 2 aliphatic heterocycles. The molecule has 0 aromatic rings. The minimum Gasteiger partial charge on any atom is -0.377 e. The van der Waals surface area contributed by atoms with Crippen molar-refractivity contribution < 1.29 is 5.11 Å². The van der Waals surface area contributed by atoms with E-state index in [4.69, 9.17) is 0 Å². The van der Waals surface area contributed by atoms with Crippen LogP contribution >= 0.6 is 11.8 Å². The number of aliphatic hydroxyl groups is 1. The average Bonchev–Trinajstić information content (AvgIpc) is 2.89. The zero-order chi connectivity index (χ0) is 13.0. The van der Waals surface area contributed by atoms with E-state index in [0.29, 0.717) is 11.3 Å². The smallest absolute Gasteiger partial charge is 0.120 e. The first kappa shape index (κ1) is 14.4. The molecule has 0 aromatic carbocycles. The molecule has 104 valence electrons. The van der Waals surface area contributed by atoms with Crippen LogP contribution in [-0.2, 0) is 0 Å². The summed E-state index contributed by atoms with van der Waals surface area (Å²) in [5.41, 5.74) is 0. The van der Waals surface area contributed by atoms with Crippen LogP contribution in [0.5, 0.6) is 0 Å². The minimum atomic E-state index is -0.290. The van der Waals surface area contributed by atoms with E-state index in [0.717, 1.165) is 25.9 Å². The Kier molecular flexibility index (Phi) is 5.55. The summed E-state index contributed by atoms with van der Waals surface area (Å²) in [7, 11) is 2.19. The van der Waals surface area contributed by atoms with E-state index in [1.54, 1.807) is 11.8 Å². The molecule has 0 bridgehead atoms. The number of hydrogen-bond acceptors (Lipinski definition) is 4. The zero-order valence-corrected chi connectivity index (χ0v) is 12.4. The predicted molar refractivity (Wildman–Crippen MR) is 78.7 cm³/mol. The predicted octanol–water partition coefficient (Wildman–Crippen LogP) is 2.13. The van der Waals surface area contributed by atoms with Crippen molar-refractivity contribution in [1.82, 2.24) is 9.80 Å². The first-order valence-corrected chi connectivity index (χ1v) is 8.09. The fraction of sp³-hybridized carbons (Fsp3) is 0.857. The standard InChI is InChI=1S/C14H26N2OS/c1-3-8-16(12-6-4-9-15(2)11-12)14(17)13-7-5-10-18-13/h5,10,12-14,17H,3-4,6-9,11H2,1-2H3. The van der Waals surface area contributed by atoms with Crippen LogP contribution in [0.3, 0.4) is 0 Å². The second kappa shape index (κ2) is 6.94. The fourth-order valence-electron chi connectivity index (χ4n) is 3.01. The van der Waals surface area contributed by atoms with Crippen LogP contribution in [0, 0.1) is 0 Å². The molecule has 1 saturated heterocycles. The molecule has 3 unspecified atom stereocenters. The Morgan fingerprint density at radius 3 is 3.00 bits per heavy atom. The summed E-state index contributed by atoms with van der Waals surface area (Å²) < 4.78 is 0. The van der Waals surface area contributed by atoms with E-state index in [1.165, 1.54) is 19.4 Å². The molecule has 1 N–H and O–H groups in total. The van der Waals surface area contributed by atoms with Crippen molar-refractivity contribution in [3.05, 3.63) is 11.5 Å². The zero-order valence-electron chi connectivity index (χ0n) is 11.6. The van der Waals surface area contributed by atoms with Crippen LogP contribution in [0.1, 0.15) is 32.6 Å². The molecule has 0 saturated carbocycles. The Labute approximate surface area is 115 Å². The maximum Gasteiger partial charge on any atom is 0.120 e. The van der Waals surface area contributed by atoms with E-state index in [1.807, 2.05) is 0 Å². The van der Waals surface area contributed by atoms with Crippen LogP contribution < -0.4 is 0 Å². The van der Waals surface area contributed by atoms with Crippen LogP contribution in [0.25, 0.3) is 0 Å². The monoisotopic (exact) mass is 270 g/mol. The van der Waals surface area contributed by atoms with Crippen LogP contribution in [0.4, 0.5) is 0 Å². The summed E-state index contributed by atoms with van der Waals surface area (Å²) in [6.07, 6.45) is 6.49. The summed E-state index contributed by atoms with van der Waals surface area (Å²) in [6.45, 7) is 5.51. The highest BCUT2D eigenvalue weighted by atomic mass is 32.2. The van der Waals surface area contributed by atoms with Crippen LogP contribution in [0.2, 0.25) is 0 Å². The van der Waals surface area contributed by atoms with Gasteiger partial charge in [0, 0.05) is 19.1 Å². The van der Waals surface area contributed by atoms with E-state index in [9.17, 15) is 5.11 Å². The molecular weight excluding hydrogens is 244 g/mol. The van der Waals surface area contributed by atoms with E-state index in [2.05, 4.69) is 35.3 Å². The van der Waals surface area contributed by atoms with Gasteiger partial charge in [-0.3, -0.25) is 4.90 Å². The summed E-state index contributed by atoms with van der Waals surface area (Å²) in [5, 5.41) is 13.1. The Hall–Kier alpha value is -0.0300. The third-order valence-electron chi connectivity index (χ3n) is 3.94. The number of hydrogen-bond donors (Lipinski definition) is 1. The number of piperidine rings is 1. The molecule has 2 heterocycles. The van der Waals surface area contributed by atoms with Gasteiger partial charge >= 0.3 is 0 Å². The molecule has 4 heteroatoms. The van der Waals surface area contributed by atoms with Crippen molar-refractivity contribution in [3.63, 3.8) is 0 Å². The first-order valence-electron chi connectivity index (χ1n) is 7.15. The Balaban J connectivity index is 1.97. The number of nitrogens with zero attached hydrogens (tertiary/aromatic N) is 2. The van der Waals surface area contributed by atoms with Crippen LogP contribution in [0.15, 0.2) is 11.5 Å². The number of likely N-dealkylation sites (N-methyl/N-ethyl adjacent to an activating group) is 1. The topological polar surface area (TPSA) is 26.7 Å². The third kappa shape index (κ3) is 3.50. The highest BCUT2D eigenvalue weighted by Gasteiger charge is 2.32. The molecule has 3 atom stereocenters. The molecule has 0 aliphatic carbocycles. The Morgan fingerprint density at radius 2 is 2.39 bits per heavy atom. The van der Waals surface area contributed by atoms with E-state index in [-0.39, 0.29) is 6.23 Å². The lowest BCUT2D eigenvalue weighted by atomic mass is 10.0. The normalized spacial score (nSPS) is 31.1. The van der Waals surface area contributed by atoms with Crippen molar-refractivity contribution in [3.8, 4) is 0 Å². The average molecular weight is 270 g/mol. The summed E-state index contributed by atoms with van der Waals surface area (Å²) in [4.78, 5) is 4.74. The summed E-state index contributed by atoms with van der Waals surface area (Å²) in [6, 6.07) is 0.528. The lowest BCUT2D eigenvalue weighted by Gasteiger charge is -2.41. The molecule has 2 aliphatic rings. The van der Waals surface area contributed by atoms with Crippen LogP contribution in [-0.4, -0.2) is 59.1 Å². The Morgan fingerprint density at radius 1 is 1.56 bits per heavy atom. The number of allylic oxidation sites excluding steroid dienone is 1. The molecule has 0 spiro atoms. The number of rotatable bonds is 5. The maximum atomic E-state index is 10.6. The number of likely N-dealkylation sites (tertiary alicyclic amines) is 1. The Bertz CT molecular complexity index is 275. The van der Waals surface area contributed by atoms with Gasteiger partial charge < -0.3 is 10.0 Å². The molecule has 0 aromatic heterocycles. The highest BCUT2D eigenvalue weighted by molar-refractivity contribution is 8.03. The van der Waals surface area contributed by atoms with Gasteiger partial charge in [-0.05, 0) is 44.7 Å². The molecule has 0 radical (unpaired) electrons. The lowest BCUT2D eigenvalue weighted by molar-refractivity contribution is -0.0417. The van der Waals surface area contributed by atoms with Gasteiger partial charge in [0.2, 0.25) is 0 Å². The molecular formula is C14H26N2OS. The van der Waals surface area contributed by atoms with Crippen molar-refractivity contribution in [1.29, 1.82) is 0 Å². The van der Waals surface area contributed by atoms with Crippen molar-refractivity contribution in [2.45, 2.75) is 50.1 Å². The minimum absolute atomic E-state index is 0.290. The number of aliphatic hydroxyl groups excluding tert-OH is 1. The molecule has 2 rings (SSSR count). The van der Waals surface area contributed by atoms with Gasteiger partial charge in [0.1, 0.15) is 6.23 Å². The van der Waals surface area contributed by atoms with Gasteiger partial charge in [0.25, 0.3) is 0 Å². The SMILES string of the molecule is CCCN(C1CCCN(C)C1)C(O)C1CC=CS1. The maximum absolute atomic E-state index is 10.6. The molecule has 1 fully saturated rings. The van der Waals surface area contributed by atoms with Gasteiger partial charge in [-0.15, -0.1) is 11.8 Å². The van der Waals surface area contributed by atoms with Gasteiger partial charge in [-0.25, -0.2) is 0 Å². The molecule has 18 heavy (non-hydrogen) atoms.